The monoisotopic (exact) mass is 444 g/mol. The Balaban J connectivity index is 1.61. The first-order chi connectivity index (χ1) is 14.8. The molecule has 3 aromatic rings. The van der Waals surface area contributed by atoms with Gasteiger partial charge in [0.25, 0.3) is 15.9 Å². The number of anilines is 2. The average Bonchev–Trinajstić information content (AvgIpc) is 2.76. The van der Waals surface area contributed by atoms with E-state index in [-0.39, 0.29) is 4.90 Å². The van der Waals surface area contributed by atoms with Gasteiger partial charge in [0.2, 0.25) is 0 Å². The van der Waals surface area contributed by atoms with Crippen molar-refractivity contribution >= 4 is 27.3 Å². The number of sulfonamides is 1. The van der Waals surface area contributed by atoms with Crippen LogP contribution in [0.1, 0.15) is 6.92 Å². The van der Waals surface area contributed by atoms with E-state index in [1.807, 2.05) is 0 Å². The predicted octanol–water partition coefficient (Wildman–Crippen LogP) is 4.04. The second kappa shape index (κ2) is 9.48. The number of benzene rings is 3. The van der Waals surface area contributed by atoms with Gasteiger partial charge in [0.05, 0.1) is 12.0 Å². The lowest BCUT2D eigenvalue weighted by Crippen LogP contribution is -2.30. The zero-order valence-electron chi connectivity index (χ0n) is 16.8. The molecule has 1 unspecified atom stereocenters. The van der Waals surface area contributed by atoms with E-state index < -0.39 is 27.9 Å². The van der Waals surface area contributed by atoms with Crippen LogP contribution in [0, 0.1) is 5.82 Å². The molecule has 0 aromatic heterocycles. The largest absolute Gasteiger partial charge is 0.497 e. The van der Waals surface area contributed by atoms with Crippen LogP contribution in [0.25, 0.3) is 0 Å². The molecule has 3 rings (SSSR count). The maximum atomic E-state index is 13.0. The lowest BCUT2D eigenvalue weighted by molar-refractivity contribution is -0.122. The standard InChI is InChI=1S/C22H21FN2O5S/c1-15(30-20-9-3-16(23)4-10-20)22(26)24-17-7-13-21(14-8-17)31(27,28)25-18-5-11-19(29-2)12-6-18/h3-15,25H,1-2H3,(H,24,26). The van der Waals surface area contributed by atoms with Crippen molar-refractivity contribution in [3.8, 4) is 11.5 Å². The second-order valence-corrected chi connectivity index (χ2v) is 8.24. The number of carbonyl (C=O) groups excluding carboxylic acids is 1. The van der Waals surface area contributed by atoms with Gasteiger partial charge in [-0.3, -0.25) is 9.52 Å². The number of halogens is 1. The van der Waals surface area contributed by atoms with Gasteiger partial charge in [-0.15, -0.1) is 0 Å². The molecule has 1 amide bonds. The van der Waals surface area contributed by atoms with Crippen LogP contribution in [0.15, 0.2) is 77.7 Å². The molecular formula is C22H21FN2O5S. The molecule has 0 aliphatic heterocycles. The van der Waals surface area contributed by atoms with Gasteiger partial charge in [0, 0.05) is 11.4 Å². The molecule has 2 N–H and O–H groups in total. The van der Waals surface area contributed by atoms with E-state index in [0.717, 1.165) is 0 Å². The third-order valence-electron chi connectivity index (χ3n) is 4.27. The first kappa shape index (κ1) is 22.1. The maximum absolute atomic E-state index is 13.0. The summed E-state index contributed by atoms with van der Waals surface area (Å²) in [6, 6.07) is 17.5. The van der Waals surface area contributed by atoms with Crippen LogP contribution in [0.4, 0.5) is 15.8 Å². The van der Waals surface area contributed by atoms with E-state index in [9.17, 15) is 17.6 Å². The van der Waals surface area contributed by atoms with Crippen molar-refractivity contribution in [1.29, 1.82) is 0 Å². The first-order valence-corrected chi connectivity index (χ1v) is 10.8. The van der Waals surface area contributed by atoms with Gasteiger partial charge in [-0.1, -0.05) is 0 Å². The molecule has 0 radical (unpaired) electrons. The zero-order chi connectivity index (χ0) is 22.4. The SMILES string of the molecule is COc1ccc(NS(=O)(=O)c2ccc(NC(=O)C(C)Oc3ccc(F)cc3)cc2)cc1. The predicted molar refractivity (Wildman–Crippen MR) is 115 cm³/mol. The summed E-state index contributed by atoms with van der Waals surface area (Å²) in [5.74, 6) is 0.132. The van der Waals surface area contributed by atoms with Gasteiger partial charge in [-0.05, 0) is 79.7 Å². The van der Waals surface area contributed by atoms with Crippen LogP contribution in [-0.2, 0) is 14.8 Å². The van der Waals surface area contributed by atoms with Gasteiger partial charge in [0.15, 0.2) is 6.10 Å². The Labute approximate surface area is 179 Å². The van der Waals surface area contributed by atoms with E-state index >= 15 is 0 Å². The number of nitrogens with one attached hydrogen (secondary N) is 2. The summed E-state index contributed by atoms with van der Waals surface area (Å²) in [7, 11) is -2.27. The minimum Gasteiger partial charge on any atom is -0.497 e. The molecule has 0 heterocycles. The van der Waals surface area contributed by atoms with Gasteiger partial charge in [-0.2, -0.15) is 0 Å². The third kappa shape index (κ3) is 5.95. The second-order valence-electron chi connectivity index (χ2n) is 6.56. The highest BCUT2D eigenvalue weighted by Gasteiger charge is 2.17. The van der Waals surface area contributed by atoms with Gasteiger partial charge in [-0.25, -0.2) is 12.8 Å². The van der Waals surface area contributed by atoms with Crippen molar-refractivity contribution < 1.29 is 27.1 Å². The quantitative estimate of drug-likeness (QED) is 0.547. The number of methoxy groups -OCH3 is 1. The minimum atomic E-state index is -3.80. The van der Waals surface area contributed by atoms with Crippen molar-refractivity contribution in [3.05, 3.63) is 78.6 Å². The Bertz CT molecular complexity index is 1130. The zero-order valence-corrected chi connectivity index (χ0v) is 17.6. The topological polar surface area (TPSA) is 93.7 Å². The Morgan fingerprint density at radius 1 is 0.871 bits per heavy atom. The van der Waals surface area contributed by atoms with Crippen LogP contribution in [0.2, 0.25) is 0 Å². The molecule has 0 spiro atoms. The van der Waals surface area contributed by atoms with Crippen molar-refractivity contribution in [3.63, 3.8) is 0 Å². The summed E-state index contributed by atoms with van der Waals surface area (Å²) >= 11 is 0. The number of hydrogen-bond donors (Lipinski definition) is 2. The summed E-state index contributed by atoms with van der Waals surface area (Å²) in [4.78, 5) is 12.3. The highest BCUT2D eigenvalue weighted by atomic mass is 32.2. The normalized spacial score (nSPS) is 12.0. The van der Waals surface area contributed by atoms with Crippen LogP contribution in [-0.4, -0.2) is 27.5 Å². The first-order valence-electron chi connectivity index (χ1n) is 9.27. The number of amides is 1. The van der Waals surface area contributed by atoms with Gasteiger partial charge >= 0.3 is 0 Å². The molecule has 162 valence electrons. The number of rotatable bonds is 8. The Kier molecular flexibility index (Phi) is 6.76. The fourth-order valence-corrected chi connectivity index (χ4v) is 3.66. The molecule has 0 saturated carbocycles. The fourth-order valence-electron chi connectivity index (χ4n) is 2.61. The van der Waals surface area contributed by atoms with E-state index in [1.54, 1.807) is 31.2 Å². The molecular weight excluding hydrogens is 423 g/mol. The lowest BCUT2D eigenvalue weighted by Gasteiger charge is -2.15. The fraction of sp³-hybridized carbons (Fsp3) is 0.136. The number of hydrogen-bond acceptors (Lipinski definition) is 5. The minimum absolute atomic E-state index is 0.0388. The average molecular weight is 444 g/mol. The van der Waals surface area contributed by atoms with Crippen molar-refractivity contribution in [2.24, 2.45) is 0 Å². The van der Waals surface area contributed by atoms with E-state index in [0.29, 0.717) is 22.9 Å². The van der Waals surface area contributed by atoms with Crippen LogP contribution < -0.4 is 19.5 Å². The Morgan fingerprint density at radius 3 is 2.00 bits per heavy atom. The molecule has 7 nitrogen and oxygen atoms in total. The Hall–Kier alpha value is -3.59. The summed E-state index contributed by atoms with van der Waals surface area (Å²) in [6.07, 6.45) is -0.842. The summed E-state index contributed by atoms with van der Waals surface area (Å²) < 4.78 is 51.0. The third-order valence-corrected chi connectivity index (χ3v) is 5.67. The highest BCUT2D eigenvalue weighted by molar-refractivity contribution is 7.92. The molecule has 0 fully saturated rings. The summed E-state index contributed by atoms with van der Waals surface area (Å²) in [5.41, 5.74) is 0.799. The van der Waals surface area contributed by atoms with E-state index in [2.05, 4.69) is 10.0 Å². The van der Waals surface area contributed by atoms with Crippen molar-refractivity contribution in [1.82, 2.24) is 0 Å². The Morgan fingerprint density at radius 2 is 1.42 bits per heavy atom. The molecule has 0 aliphatic rings. The van der Waals surface area contributed by atoms with Gasteiger partial charge < -0.3 is 14.8 Å². The molecule has 3 aromatic carbocycles. The lowest BCUT2D eigenvalue weighted by atomic mass is 10.3. The molecule has 0 saturated heterocycles. The molecule has 9 heteroatoms. The van der Waals surface area contributed by atoms with Crippen LogP contribution >= 0.6 is 0 Å². The molecule has 0 aliphatic carbocycles. The summed E-state index contributed by atoms with van der Waals surface area (Å²) in [5, 5.41) is 2.65. The van der Waals surface area contributed by atoms with Gasteiger partial charge in [0.1, 0.15) is 17.3 Å². The van der Waals surface area contributed by atoms with Crippen molar-refractivity contribution in [2.45, 2.75) is 17.9 Å². The summed E-state index contributed by atoms with van der Waals surface area (Å²) in [6.45, 7) is 1.55. The highest BCUT2D eigenvalue weighted by Crippen LogP contribution is 2.21. The van der Waals surface area contributed by atoms with E-state index in [1.165, 1.54) is 55.6 Å². The van der Waals surface area contributed by atoms with Crippen molar-refractivity contribution in [2.75, 3.05) is 17.1 Å². The number of ether oxygens (including phenoxy) is 2. The number of carbonyl (C=O) groups is 1. The van der Waals surface area contributed by atoms with Crippen LogP contribution in [0.3, 0.4) is 0 Å². The van der Waals surface area contributed by atoms with E-state index in [4.69, 9.17) is 9.47 Å². The molecule has 0 bridgehead atoms. The smallest absolute Gasteiger partial charge is 0.265 e. The molecule has 1 atom stereocenters. The molecule has 31 heavy (non-hydrogen) atoms. The van der Waals surface area contributed by atoms with Crippen LogP contribution in [0.5, 0.6) is 11.5 Å². The maximum Gasteiger partial charge on any atom is 0.265 e.